The van der Waals surface area contributed by atoms with Gasteiger partial charge < -0.3 is 31.3 Å². The quantitative estimate of drug-likeness (QED) is 0.351. The molecule has 0 fully saturated rings. The Balaban J connectivity index is 1.68. The number of nitrogens with zero attached hydrogens (tertiary/aromatic N) is 1. The summed E-state index contributed by atoms with van der Waals surface area (Å²) >= 11 is 0. The summed E-state index contributed by atoms with van der Waals surface area (Å²) in [5.74, 6) is -6.68. The average molecular weight is 478 g/mol. The molecular formula is C25H22N2O8. The fourth-order valence-corrected chi connectivity index (χ4v) is 5.61. The van der Waals surface area contributed by atoms with Crippen molar-refractivity contribution in [3.8, 4) is 16.9 Å². The van der Waals surface area contributed by atoms with Gasteiger partial charge in [-0.1, -0.05) is 6.07 Å². The number of fused-ring (bicyclic) bond motifs is 3. The number of ketones is 2. The number of nitrogens with two attached hydrogens (primary N) is 1. The Kier molecular flexibility index (Phi) is 5.04. The van der Waals surface area contributed by atoms with Crippen molar-refractivity contribution in [2.75, 3.05) is 0 Å². The van der Waals surface area contributed by atoms with Gasteiger partial charge in [-0.3, -0.25) is 19.4 Å². The van der Waals surface area contributed by atoms with Gasteiger partial charge in [-0.25, -0.2) is 0 Å². The zero-order valence-electron chi connectivity index (χ0n) is 18.4. The van der Waals surface area contributed by atoms with Crippen LogP contribution in [0.2, 0.25) is 0 Å². The molecule has 10 nitrogen and oxygen atoms in total. The summed E-state index contributed by atoms with van der Waals surface area (Å²) in [6, 6.07) is 4.67. The lowest BCUT2D eigenvalue weighted by Crippen LogP contribution is -2.57. The number of primary amides is 1. The molecule has 1 heterocycles. The Morgan fingerprint density at radius 1 is 1.14 bits per heavy atom. The fraction of sp³-hybridized carbons (Fsp3) is 0.280. The summed E-state index contributed by atoms with van der Waals surface area (Å²) in [6.45, 7) is -0.234. The number of phenols is 1. The van der Waals surface area contributed by atoms with Gasteiger partial charge in [0.2, 0.25) is 5.78 Å². The first-order valence-corrected chi connectivity index (χ1v) is 11.0. The lowest BCUT2D eigenvalue weighted by molar-refractivity contribution is -0.144. The number of allylic oxidation sites excluding steroid dienone is 2. The number of aromatic hydroxyl groups is 1. The van der Waals surface area contributed by atoms with Crippen molar-refractivity contribution >= 4 is 17.5 Å². The zero-order valence-corrected chi connectivity index (χ0v) is 18.4. The van der Waals surface area contributed by atoms with E-state index in [0.717, 1.165) is 0 Å². The van der Waals surface area contributed by atoms with Crippen LogP contribution >= 0.6 is 0 Å². The van der Waals surface area contributed by atoms with Crippen molar-refractivity contribution in [1.29, 1.82) is 0 Å². The topological polar surface area (TPSA) is 191 Å². The maximum atomic E-state index is 13.6. The summed E-state index contributed by atoms with van der Waals surface area (Å²) in [5.41, 5.74) is 3.78. The number of aliphatic hydroxyl groups excluding tert-OH is 3. The van der Waals surface area contributed by atoms with Crippen LogP contribution in [0.15, 0.2) is 53.3 Å². The molecule has 0 aliphatic heterocycles. The third-order valence-corrected chi connectivity index (χ3v) is 7.23. The molecule has 2 aromatic rings. The first-order valence-electron chi connectivity index (χ1n) is 11.0. The maximum absolute atomic E-state index is 13.6. The van der Waals surface area contributed by atoms with E-state index in [9.17, 15) is 39.9 Å². The van der Waals surface area contributed by atoms with Crippen LogP contribution in [0, 0.1) is 11.8 Å². The van der Waals surface area contributed by atoms with Gasteiger partial charge in [-0.05, 0) is 47.6 Å². The lowest BCUT2D eigenvalue weighted by Gasteiger charge is -2.45. The smallest absolute Gasteiger partial charge is 0.255 e. The van der Waals surface area contributed by atoms with Crippen molar-refractivity contribution in [1.82, 2.24) is 4.98 Å². The molecule has 1 aromatic carbocycles. The number of hydrogen-bond donors (Lipinski definition) is 6. The molecule has 5 rings (SSSR count). The first-order chi connectivity index (χ1) is 16.6. The largest absolute Gasteiger partial charge is 0.511 e. The normalized spacial score (nSPS) is 25.8. The minimum Gasteiger partial charge on any atom is -0.511 e. The van der Waals surface area contributed by atoms with Crippen LogP contribution < -0.4 is 5.73 Å². The van der Waals surface area contributed by atoms with Gasteiger partial charge in [-0.15, -0.1) is 0 Å². The molecule has 3 aliphatic rings. The number of phenolic OH excluding ortho intramolecular Hbond substituents is 1. The monoisotopic (exact) mass is 478 g/mol. The van der Waals surface area contributed by atoms with Gasteiger partial charge in [0.25, 0.3) is 5.91 Å². The maximum Gasteiger partial charge on any atom is 0.255 e. The van der Waals surface area contributed by atoms with E-state index in [1.807, 2.05) is 0 Å². The van der Waals surface area contributed by atoms with Gasteiger partial charge in [-0.2, -0.15) is 0 Å². The predicted octanol–water partition coefficient (Wildman–Crippen LogP) is 1.13. The first kappa shape index (κ1) is 22.8. The van der Waals surface area contributed by atoms with E-state index >= 15 is 0 Å². The van der Waals surface area contributed by atoms with E-state index in [0.29, 0.717) is 22.3 Å². The molecule has 180 valence electrons. The molecule has 7 N–H and O–H groups in total. The van der Waals surface area contributed by atoms with Crippen molar-refractivity contribution < 1.29 is 39.9 Å². The van der Waals surface area contributed by atoms with Crippen LogP contribution in [-0.4, -0.2) is 53.6 Å². The molecule has 0 radical (unpaired) electrons. The predicted molar refractivity (Wildman–Crippen MR) is 120 cm³/mol. The highest BCUT2D eigenvalue weighted by atomic mass is 16.3. The highest BCUT2D eigenvalue weighted by molar-refractivity contribution is 6.24. The Morgan fingerprint density at radius 3 is 2.57 bits per heavy atom. The molecule has 10 heteroatoms. The highest BCUT2D eigenvalue weighted by Gasteiger charge is 2.59. The number of carbonyl (C=O) groups is 3. The Hall–Kier alpha value is -4.02. The number of rotatable bonds is 3. The summed E-state index contributed by atoms with van der Waals surface area (Å²) < 4.78 is 0. The molecule has 3 atom stereocenters. The SMILES string of the molecule is NC(=O)C1=C(O)C[C@@H]2C[C@@H]3Cc4c(-c5cncc(CO)c5)ccc(O)c4C(=O)C3=C(O)[C@]2(O)C1=O. The second kappa shape index (κ2) is 7.76. The average Bonchev–Trinajstić information content (AvgIpc) is 2.81. The minimum atomic E-state index is -2.60. The summed E-state index contributed by atoms with van der Waals surface area (Å²) in [5, 5.41) is 52.6. The molecule has 0 unspecified atom stereocenters. The number of carbonyl (C=O) groups excluding carboxylic acids is 3. The number of Topliss-reactive ketones (excluding diaryl/α,β-unsaturated/α-hetero) is 2. The van der Waals surface area contributed by atoms with E-state index in [2.05, 4.69) is 4.98 Å². The van der Waals surface area contributed by atoms with E-state index in [-0.39, 0.29) is 42.8 Å². The minimum absolute atomic E-state index is 0.0486. The van der Waals surface area contributed by atoms with Crippen molar-refractivity contribution in [2.24, 2.45) is 17.6 Å². The summed E-state index contributed by atoms with van der Waals surface area (Å²) in [4.78, 5) is 42.4. The van der Waals surface area contributed by atoms with E-state index in [1.165, 1.54) is 12.3 Å². The van der Waals surface area contributed by atoms with Crippen LogP contribution in [-0.2, 0) is 22.6 Å². The van der Waals surface area contributed by atoms with Crippen LogP contribution in [0.4, 0.5) is 0 Å². The molecule has 0 spiro atoms. The molecule has 0 saturated heterocycles. The fourth-order valence-electron chi connectivity index (χ4n) is 5.61. The Bertz CT molecular complexity index is 1390. The van der Waals surface area contributed by atoms with Crippen LogP contribution in [0.5, 0.6) is 5.75 Å². The second-order valence-corrected chi connectivity index (χ2v) is 9.14. The molecule has 0 saturated carbocycles. The summed E-state index contributed by atoms with van der Waals surface area (Å²) in [6.07, 6.45) is 3.01. The van der Waals surface area contributed by atoms with Gasteiger partial charge in [0.05, 0.1) is 12.2 Å². The third kappa shape index (κ3) is 3.10. The molecule has 35 heavy (non-hydrogen) atoms. The van der Waals surface area contributed by atoms with Crippen LogP contribution in [0.25, 0.3) is 11.1 Å². The Labute approximate surface area is 198 Å². The molecular weight excluding hydrogens is 456 g/mol. The van der Waals surface area contributed by atoms with Gasteiger partial charge in [0, 0.05) is 35.9 Å². The number of amides is 1. The van der Waals surface area contributed by atoms with Gasteiger partial charge >= 0.3 is 0 Å². The number of aromatic nitrogens is 1. The van der Waals surface area contributed by atoms with Gasteiger partial charge in [0.15, 0.2) is 11.4 Å². The van der Waals surface area contributed by atoms with Crippen LogP contribution in [0.3, 0.4) is 0 Å². The standard InChI is InChI=1S/C25H22N2O8/c26-24(34)20-17(30)6-13-4-11-5-15-14(12-3-10(9-28)7-27-8-12)1-2-16(29)19(15)21(31)18(11)22(32)25(13,35)23(20)33/h1-3,7-8,11,13,28-30,32,35H,4-6,9H2,(H2,26,34)/t11-,13+,25+/m1/s1. The van der Waals surface area contributed by atoms with E-state index < -0.39 is 52.0 Å². The van der Waals surface area contributed by atoms with Crippen LogP contribution in [0.1, 0.15) is 34.3 Å². The van der Waals surface area contributed by atoms with Crippen molar-refractivity contribution in [3.63, 3.8) is 0 Å². The zero-order chi connectivity index (χ0) is 25.2. The van der Waals surface area contributed by atoms with Gasteiger partial charge in [0.1, 0.15) is 22.8 Å². The number of pyridine rings is 1. The number of aliphatic hydroxyl groups is 4. The van der Waals surface area contributed by atoms with Crippen molar-refractivity contribution in [3.05, 3.63) is 69.9 Å². The molecule has 1 aromatic heterocycles. The molecule has 1 amide bonds. The third-order valence-electron chi connectivity index (χ3n) is 7.23. The van der Waals surface area contributed by atoms with E-state index in [1.54, 1.807) is 18.3 Å². The highest BCUT2D eigenvalue weighted by Crippen LogP contribution is 2.52. The molecule has 3 aliphatic carbocycles. The number of benzene rings is 1. The second-order valence-electron chi connectivity index (χ2n) is 9.14. The summed E-state index contributed by atoms with van der Waals surface area (Å²) in [7, 11) is 0. The molecule has 0 bridgehead atoms. The van der Waals surface area contributed by atoms with E-state index in [4.69, 9.17) is 5.73 Å². The Morgan fingerprint density at radius 2 is 1.89 bits per heavy atom. The number of hydrogen-bond acceptors (Lipinski definition) is 9. The lowest BCUT2D eigenvalue weighted by atomic mass is 9.60. The van der Waals surface area contributed by atoms with Crippen molar-refractivity contribution in [2.45, 2.75) is 31.5 Å².